The highest BCUT2D eigenvalue weighted by atomic mass is 32.3. The van der Waals surface area contributed by atoms with Crippen LogP contribution >= 0.6 is 0 Å². The van der Waals surface area contributed by atoms with Crippen LogP contribution in [0.4, 0.5) is 27.2 Å². The van der Waals surface area contributed by atoms with Gasteiger partial charge < -0.3 is 19.8 Å². The molecule has 1 fully saturated rings. The lowest BCUT2D eigenvalue weighted by Gasteiger charge is -2.17. The van der Waals surface area contributed by atoms with Gasteiger partial charge in [-0.3, -0.25) is 4.55 Å². The highest BCUT2D eigenvalue weighted by Gasteiger charge is 2.30. The van der Waals surface area contributed by atoms with Gasteiger partial charge in [0, 0.05) is 13.1 Å². The normalized spacial score (nSPS) is 13.3. The summed E-state index contributed by atoms with van der Waals surface area (Å²) in [5.41, 5.74) is 0. The molecule has 0 aliphatic carbocycles. The molecule has 1 aliphatic rings. The molecule has 2 amide bonds. The summed E-state index contributed by atoms with van der Waals surface area (Å²) in [4.78, 5) is 29.7. The number of carbonyl (C=O) groups excluding carboxylic acids is 2. The van der Waals surface area contributed by atoms with Gasteiger partial charge in [-0.25, -0.2) is 19.2 Å². The van der Waals surface area contributed by atoms with E-state index >= 15 is 0 Å². The minimum absolute atomic E-state index is 0. The summed E-state index contributed by atoms with van der Waals surface area (Å²) in [5.74, 6) is -0.349. The van der Waals surface area contributed by atoms with Gasteiger partial charge in [-0.15, -0.1) is 0 Å². The predicted octanol–water partition coefficient (Wildman–Crippen LogP) is 0.161. The first-order chi connectivity index (χ1) is 13.2. The van der Waals surface area contributed by atoms with Crippen LogP contribution in [-0.4, -0.2) is 61.9 Å². The molecular weight excluding hydrogens is 414 g/mol. The van der Waals surface area contributed by atoms with Crippen LogP contribution in [-0.2, 0) is 19.9 Å². The van der Waals surface area contributed by atoms with Crippen molar-refractivity contribution < 1.29 is 46.5 Å². The number of aromatic nitrogens is 2. The van der Waals surface area contributed by atoms with Gasteiger partial charge in [0.1, 0.15) is 0 Å². The molecule has 0 atom stereocenters. The fourth-order valence-corrected chi connectivity index (χ4v) is 2.79. The number of hydrogen-bond donors (Lipinski definition) is 3. The molecule has 164 valence electrons. The third-order valence-electron chi connectivity index (χ3n) is 3.49. The molecule has 0 radical (unpaired) electrons. The van der Waals surface area contributed by atoms with E-state index in [9.17, 15) is 18.0 Å². The molecular formula is C14H23N5O9S. The van der Waals surface area contributed by atoms with Crippen molar-refractivity contribution in [1.29, 1.82) is 0 Å². The standard InChI is InChI=1S/C14H21N5O8S.H2O/c1-3-25-13(20)16-11-9-10(18-7-5-6-8-18)15-12(17-14(21)26-4-2)19(11)27-28(22,23)24;/h9H,3-8H2,1-2H3,(H2,15,16,17,20,21,22,23,24);1H2. The van der Waals surface area contributed by atoms with E-state index in [1.54, 1.807) is 13.8 Å². The molecule has 2 heterocycles. The first-order valence-corrected chi connectivity index (χ1v) is 9.87. The van der Waals surface area contributed by atoms with Gasteiger partial charge in [0.25, 0.3) is 5.82 Å². The predicted molar refractivity (Wildman–Crippen MR) is 97.2 cm³/mol. The number of nitrogens with zero attached hydrogens (tertiary/aromatic N) is 3. The second kappa shape index (κ2) is 10.6. The second-order valence-corrected chi connectivity index (χ2v) is 6.51. The fraction of sp³-hybridized carbons (Fsp3) is 0.571. The van der Waals surface area contributed by atoms with Gasteiger partial charge in [0.15, 0.2) is 5.82 Å². The van der Waals surface area contributed by atoms with E-state index in [4.69, 9.17) is 14.0 Å². The average molecular weight is 437 g/mol. The maximum atomic E-state index is 11.8. The Balaban J connectivity index is 0.00000420. The van der Waals surface area contributed by atoms with E-state index in [0.717, 1.165) is 12.8 Å². The van der Waals surface area contributed by atoms with E-state index < -0.39 is 28.5 Å². The van der Waals surface area contributed by atoms with Crippen molar-refractivity contribution in [3.05, 3.63) is 6.07 Å². The zero-order valence-corrected chi connectivity index (χ0v) is 16.6. The molecule has 1 saturated heterocycles. The highest BCUT2D eigenvalue weighted by Crippen LogP contribution is 2.21. The summed E-state index contributed by atoms with van der Waals surface area (Å²) >= 11 is 0. The van der Waals surface area contributed by atoms with Crippen LogP contribution in [0.15, 0.2) is 6.07 Å². The Morgan fingerprint density at radius 1 is 1.17 bits per heavy atom. The smallest absolute Gasteiger partial charge is 0.474 e. The third kappa shape index (κ3) is 7.20. The highest BCUT2D eigenvalue weighted by molar-refractivity contribution is 7.80. The van der Waals surface area contributed by atoms with Crippen LogP contribution in [0.25, 0.3) is 0 Å². The van der Waals surface area contributed by atoms with E-state index in [-0.39, 0.29) is 24.5 Å². The van der Waals surface area contributed by atoms with Crippen molar-refractivity contribution in [2.45, 2.75) is 26.7 Å². The molecule has 4 N–H and O–H groups in total. The molecule has 1 aromatic heterocycles. The number of carbonyl (C=O) groups is 2. The van der Waals surface area contributed by atoms with Gasteiger partial charge in [-0.1, -0.05) is 4.98 Å². The molecule has 1 aliphatic heterocycles. The number of hydrogen-bond acceptors (Lipinski definition) is 10. The van der Waals surface area contributed by atoms with E-state index in [1.165, 1.54) is 6.07 Å². The number of anilines is 3. The van der Waals surface area contributed by atoms with E-state index in [1.807, 2.05) is 4.90 Å². The summed E-state index contributed by atoms with van der Waals surface area (Å²) < 4.78 is 46.0. The molecule has 29 heavy (non-hydrogen) atoms. The quantitative estimate of drug-likeness (QED) is 0.389. The van der Waals surface area contributed by atoms with Crippen molar-refractivity contribution in [1.82, 2.24) is 4.98 Å². The third-order valence-corrected chi connectivity index (χ3v) is 3.83. The molecule has 0 bridgehead atoms. The van der Waals surface area contributed by atoms with Crippen LogP contribution in [0.5, 0.6) is 0 Å². The molecule has 15 heteroatoms. The Kier molecular flexibility index (Phi) is 8.81. The van der Waals surface area contributed by atoms with Crippen molar-refractivity contribution in [2.75, 3.05) is 41.8 Å². The molecule has 14 nitrogen and oxygen atoms in total. The summed E-state index contributed by atoms with van der Waals surface area (Å²) in [5, 5.41) is 4.50. The first kappa shape index (κ1) is 24.1. The van der Waals surface area contributed by atoms with Crippen LogP contribution in [0.2, 0.25) is 0 Å². The number of amides is 2. The average Bonchev–Trinajstić information content (AvgIpc) is 3.11. The Bertz CT molecular complexity index is 786. The Hall–Kier alpha value is -2.91. The maximum Gasteiger partial charge on any atom is 0.474 e. The van der Waals surface area contributed by atoms with Gasteiger partial charge in [0.2, 0.25) is 0 Å². The minimum atomic E-state index is -5.03. The topological polar surface area (TPSA) is 190 Å². The minimum Gasteiger partial charge on any atom is -0.870 e. The molecule has 1 aromatic rings. The Morgan fingerprint density at radius 2 is 1.72 bits per heavy atom. The van der Waals surface area contributed by atoms with Crippen molar-refractivity contribution in [3.8, 4) is 0 Å². The van der Waals surface area contributed by atoms with Crippen LogP contribution in [0.3, 0.4) is 0 Å². The summed E-state index contributed by atoms with van der Waals surface area (Å²) in [6, 6.07) is 1.32. The SMILES string of the molecule is CCOC(=O)Nc1cc(N2CCCC2)nc(NC(=O)OCC)[n+]1OS(=O)(=O)O.[OH-]. The van der Waals surface area contributed by atoms with Crippen molar-refractivity contribution >= 4 is 40.2 Å². The van der Waals surface area contributed by atoms with Crippen LogP contribution < -0.4 is 24.5 Å². The summed E-state index contributed by atoms with van der Waals surface area (Å²) in [6.07, 6.45) is -0.0159. The molecule has 0 unspecified atom stereocenters. The van der Waals surface area contributed by atoms with Crippen LogP contribution in [0.1, 0.15) is 26.7 Å². The fourth-order valence-electron chi connectivity index (χ4n) is 2.45. The van der Waals surface area contributed by atoms with E-state index in [0.29, 0.717) is 23.6 Å². The molecule has 0 spiro atoms. The van der Waals surface area contributed by atoms with Gasteiger partial charge in [-0.05, 0) is 31.4 Å². The summed E-state index contributed by atoms with van der Waals surface area (Å²) in [6.45, 7) is 4.61. The Labute approximate surface area is 167 Å². The van der Waals surface area contributed by atoms with Gasteiger partial charge in [0.05, 0.1) is 19.3 Å². The monoisotopic (exact) mass is 437 g/mol. The lowest BCUT2D eigenvalue weighted by Crippen LogP contribution is -2.51. The molecule has 0 saturated carbocycles. The largest absolute Gasteiger partial charge is 0.870 e. The number of nitrogens with one attached hydrogen (secondary N) is 2. The zero-order valence-electron chi connectivity index (χ0n) is 15.8. The van der Waals surface area contributed by atoms with Crippen molar-refractivity contribution in [3.63, 3.8) is 0 Å². The number of ether oxygens (including phenoxy) is 2. The number of rotatable bonds is 7. The lowest BCUT2D eigenvalue weighted by atomic mass is 10.4. The second-order valence-electron chi connectivity index (χ2n) is 5.50. The Morgan fingerprint density at radius 3 is 2.24 bits per heavy atom. The van der Waals surface area contributed by atoms with Gasteiger partial charge >= 0.3 is 28.5 Å². The maximum absolute atomic E-state index is 11.8. The van der Waals surface area contributed by atoms with Crippen LogP contribution in [0, 0.1) is 0 Å². The zero-order chi connectivity index (χ0) is 20.7. The van der Waals surface area contributed by atoms with E-state index in [2.05, 4.69) is 19.9 Å². The lowest BCUT2D eigenvalue weighted by molar-refractivity contribution is -0.835. The summed E-state index contributed by atoms with van der Waals surface area (Å²) in [7, 11) is -5.03. The van der Waals surface area contributed by atoms with Crippen molar-refractivity contribution in [2.24, 2.45) is 0 Å². The van der Waals surface area contributed by atoms with Gasteiger partial charge in [-0.2, -0.15) is 13.7 Å². The molecule has 2 rings (SSSR count). The first-order valence-electron chi connectivity index (χ1n) is 8.50. The molecule has 0 aromatic carbocycles.